The quantitative estimate of drug-likeness (QED) is 0.673. The molecule has 0 saturated carbocycles. The zero-order chi connectivity index (χ0) is 14.2. The van der Waals surface area contributed by atoms with Gasteiger partial charge >= 0.3 is 0 Å². The normalized spacial score (nSPS) is 9.90. The largest absolute Gasteiger partial charge is 0.395 e. The lowest BCUT2D eigenvalue weighted by Gasteiger charge is -2.02. The van der Waals surface area contributed by atoms with Crippen LogP contribution in [0.2, 0.25) is 0 Å². The summed E-state index contributed by atoms with van der Waals surface area (Å²) < 4.78 is 0.993. The van der Waals surface area contributed by atoms with Gasteiger partial charge in [0.05, 0.1) is 11.6 Å². The van der Waals surface area contributed by atoms with Gasteiger partial charge in [-0.15, -0.1) is 11.8 Å². The molecule has 0 spiro atoms. The van der Waals surface area contributed by atoms with Gasteiger partial charge in [0.1, 0.15) is 0 Å². The fourth-order valence-electron chi connectivity index (χ4n) is 1.51. The molecule has 4 heteroatoms. The molecule has 0 aliphatic heterocycles. The van der Waals surface area contributed by atoms with E-state index in [-0.39, 0.29) is 6.61 Å². The van der Waals surface area contributed by atoms with Crippen LogP contribution in [0.1, 0.15) is 17.5 Å². The number of pyridine rings is 1. The predicted octanol–water partition coefficient (Wildman–Crippen LogP) is 3.87. The highest BCUT2D eigenvalue weighted by Gasteiger charge is 1.98. The minimum atomic E-state index is 0.113. The number of rotatable bonds is 4. The van der Waals surface area contributed by atoms with Gasteiger partial charge in [0, 0.05) is 28.4 Å². The summed E-state index contributed by atoms with van der Waals surface area (Å²) in [6, 6.07) is 12.2. The second-order valence-electron chi connectivity index (χ2n) is 4.08. The smallest absolute Gasteiger partial charge is 0.0963 e. The van der Waals surface area contributed by atoms with Crippen molar-refractivity contribution in [3.05, 3.63) is 58.2 Å². The van der Waals surface area contributed by atoms with Crippen molar-refractivity contribution in [2.75, 3.05) is 6.61 Å². The zero-order valence-electron chi connectivity index (χ0n) is 10.8. The average molecular weight is 348 g/mol. The van der Waals surface area contributed by atoms with Crippen molar-refractivity contribution in [1.29, 1.82) is 0 Å². The van der Waals surface area contributed by atoms with E-state index >= 15 is 0 Å². The number of hydrogen-bond acceptors (Lipinski definition) is 3. The number of thioether (sulfide) groups is 1. The molecule has 0 saturated heterocycles. The Bertz CT molecular complexity index is 599. The molecule has 2 nitrogen and oxygen atoms in total. The molecule has 1 aromatic heterocycles. The zero-order valence-corrected chi connectivity index (χ0v) is 13.2. The van der Waals surface area contributed by atoms with Crippen molar-refractivity contribution >= 4 is 27.7 Å². The summed E-state index contributed by atoms with van der Waals surface area (Å²) in [6.45, 7) is 0.113. The molecule has 0 atom stereocenters. The summed E-state index contributed by atoms with van der Waals surface area (Å²) >= 11 is 5.08. The van der Waals surface area contributed by atoms with Crippen LogP contribution in [0.25, 0.3) is 0 Å². The van der Waals surface area contributed by atoms with E-state index < -0.39 is 0 Å². The van der Waals surface area contributed by atoms with E-state index in [0.717, 1.165) is 20.8 Å². The van der Waals surface area contributed by atoms with Crippen molar-refractivity contribution in [3.8, 4) is 11.8 Å². The summed E-state index contributed by atoms with van der Waals surface area (Å²) in [6.07, 6.45) is 2.33. The second kappa shape index (κ2) is 8.11. The highest BCUT2D eigenvalue weighted by atomic mass is 79.9. The van der Waals surface area contributed by atoms with Gasteiger partial charge in [-0.3, -0.25) is 0 Å². The second-order valence-corrected chi connectivity index (χ2v) is 5.99. The number of aliphatic hydroxyl groups excluding tert-OH is 1. The van der Waals surface area contributed by atoms with E-state index in [2.05, 4.69) is 44.9 Å². The topological polar surface area (TPSA) is 33.1 Å². The Labute approximate surface area is 131 Å². The van der Waals surface area contributed by atoms with Crippen molar-refractivity contribution in [3.63, 3.8) is 0 Å². The van der Waals surface area contributed by atoms with E-state index in [1.165, 1.54) is 5.56 Å². The van der Waals surface area contributed by atoms with E-state index in [0.29, 0.717) is 6.42 Å². The number of halogens is 1. The molecule has 102 valence electrons. The summed E-state index contributed by atoms with van der Waals surface area (Å²) in [5.74, 6) is 6.82. The number of aliphatic hydroxyl groups is 1. The van der Waals surface area contributed by atoms with Gasteiger partial charge in [-0.25, -0.2) is 4.98 Å². The molecule has 1 aromatic carbocycles. The summed E-state index contributed by atoms with van der Waals surface area (Å²) in [4.78, 5) is 4.33. The molecule has 0 aliphatic carbocycles. The molecule has 2 rings (SSSR count). The number of hydrogen-bond donors (Lipinski definition) is 1. The van der Waals surface area contributed by atoms with Crippen molar-refractivity contribution in [1.82, 2.24) is 4.98 Å². The Morgan fingerprint density at radius 1 is 1.15 bits per heavy atom. The Hall–Kier alpha value is -1.28. The molecule has 0 amide bonds. The van der Waals surface area contributed by atoms with Gasteiger partial charge in [0.25, 0.3) is 0 Å². The summed E-state index contributed by atoms with van der Waals surface area (Å²) in [5.41, 5.74) is 2.22. The third kappa shape index (κ3) is 5.01. The van der Waals surface area contributed by atoms with Crippen LogP contribution in [0.15, 0.2) is 52.1 Å². The molecule has 1 heterocycles. The molecule has 0 fully saturated rings. The molecule has 0 radical (unpaired) electrons. The number of benzene rings is 1. The highest BCUT2D eigenvalue weighted by Crippen LogP contribution is 2.22. The molecule has 2 aromatic rings. The van der Waals surface area contributed by atoms with Crippen LogP contribution < -0.4 is 0 Å². The van der Waals surface area contributed by atoms with Gasteiger partial charge in [-0.1, -0.05) is 24.0 Å². The maximum absolute atomic E-state index is 8.67. The van der Waals surface area contributed by atoms with Crippen LogP contribution in [-0.2, 0) is 5.75 Å². The average Bonchev–Trinajstić information content (AvgIpc) is 2.48. The predicted molar refractivity (Wildman–Crippen MR) is 86.5 cm³/mol. The molecule has 20 heavy (non-hydrogen) atoms. The first kappa shape index (κ1) is 15.1. The lowest BCUT2D eigenvalue weighted by atomic mass is 10.1. The monoisotopic (exact) mass is 347 g/mol. The van der Waals surface area contributed by atoms with Gasteiger partial charge in [0.15, 0.2) is 0 Å². The van der Waals surface area contributed by atoms with Crippen LogP contribution in [0, 0.1) is 11.8 Å². The van der Waals surface area contributed by atoms with Crippen molar-refractivity contribution in [2.24, 2.45) is 0 Å². The van der Waals surface area contributed by atoms with Gasteiger partial charge in [-0.05, 0) is 45.8 Å². The first-order valence-electron chi connectivity index (χ1n) is 6.21. The van der Waals surface area contributed by atoms with E-state index in [4.69, 9.17) is 5.11 Å². The lowest BCUT2D eigenvalue weighted by Crippen LogP contribution is -1.84. The Morgan fingerprint density at radius 2 is 1.95 bits per heavy atom. The SMILES string of the molecule is OCCC#Cc1ccc(CSc2ccc(Br)cn2)cc1. The van der Waals surface area contributed by atoms with Crippen LogP contribution >= 0.6 is 27.7 Å². The fourth-order valence-corrected chi connectivity index (χ4v) is 2.54. The summed E-state index contributed by atoms with van der Waals surface area (Å²) in [7, 11) is 0. The van der Waals surface area contributed by atoms with Crippen LogP contribution in [-0.4, -0.2) is 16.7 Å². The standard InChI is InChI=1S/C16H14BrNOS/c17-15-8-9-16(18-11-15)20-12-14-6-4-13(5-7-14)3-1-2-10-19/h4-9,11,19H,2,10,12H2. The Balaban J connectivity index is 1.91. The maximum atomic E-state index is 8.67. The highest BCUT2D eigenvalue weighted by molar-refractivity contribution is 9.10. The van der Waals surface area contributed by atoms with E-state index in [1.807, 2.05) is 30.5 Å². The lowest BCUT2D eigenvalue weighted by molar-refractivity contribution is 0.305. The fraction of sp³-hybridized carbons (Fsp3) is 0.188. The summed E-state index contributed by atoms with van der Waals surface area (Å²) in [5, 5.41) is 9.68. The third-order valence-electron chi connectivity index (χ3n) is 2.51. The van der Waals surface area contributed by atoms with Gasteiger partial charge in [0.2, 0.25) is 0 Å². The third-order valence-corrected chi connectivity index (χ3v) is 3.99. The Kier molecular flexibility index (Phi) is 6.13. The molecule has 0 unspecified atom stereocenters. The van der Waals surface area contributed by atoms with E-state index in [1.54, 1.807) is 11.8 Å². The van der Waals surface area contributed by atoms with Crippen LogP contribution in [0.3, 0.4) is 0 Å². The Morgan fingerprint density at radius 3 is 2.60 bits per heavy atom. The van der Waals surface area contributed by atoms with Crippen molar-refractivity contribution < 1.29 is 5.11 Å². The molecular weight excluding hydrogens is 334 g/mol. The first-order valence-corrected chi connectivity index (χ1v) is 7.99. The van der Waals surface area contributed by atoms with Crippen LogP contribution in [0.4, 0.5) is 0 Å². The molecule has 0 aliphatic rings. The van der Waals surface area contributed by atoms with Gasteiger partial charge < -0.3 is 5.11 Å². The van der Waals surface area contributed by atoms with Gasteiger partial charge in [-0.2, -0.15) is 0 Å². The minimum Gasteiger partial charge on any atom is -0.395 e. The minimum absolute atomic E-state index is 0.113. The molecule has 0 bridgehead atoms. The first-order chi connectivity index (χ1) is 9.78. The maximum Gasteiger partial charge on any atom is 0.0963 e. The molecular formula is C16H14BrNOS. The molecule has 1 N–H and O–H groups in total. The van der Waals surface area contributed by atoms with Crippen molar-refractivity contribution in [2.45, 2.75) is 17.2 Å². The van der Waals surface area contributed by atoms with Crippen LogP contribution in [0.5, 0.6) is 0 Å². The number of nitrogens with zero attached hydrogens (tertiary/aromatic N) is 1. The van der Waals surface area contributed by atoms with E-state index in [9.17, 15) is 0 Å². The number of aromatic nitrogens is 1.